The summed E-state index contributed by atoms with van der Waals surface area (Å²) in [4.78, 5) is 11.5. The molecular formula is C14H22N2O. The van der Waals surface area contributed by atoms with E-state index in [0.29, 0.717) is 25.0 Å². The Kier molecular flexibility index (Phi) is 5.70. The molecule has 0 heterocycles. The minimum absolute atomic E-state index is 0.0569. The number of hydrogen-bond acceptors (Lipinski definition) is 2. The van der Waals surface area contributed by atoms with Crippen molar-refractivity contribution in [1.29, 1.82) is 0 Å². The molecule has 1 atom stereocenters. The van der Waals surface area contributed by atoms with Gasteiger partial charge >= 0.3 is 0 Å². The zero-order valence-electron chi connectivity index (χ0n) is 10.9. The molecule has 0 aliphatic rings. The van der Waals surface area contributed by atoms with Gasteiger partial charge in [0.15, 0.2) is 0 Å². The van der Waals surface area contributed by atoms with Crippen molar-refractivity contribution in [2.75, 3.05) is 13.1 Å². The van der Waals surface area contributed by atoms with Gasteiger partial charge < -0.3 is 10.6 Å². The van der Waals surface area contributed by atoms with Crippen molar-refractivity contribution in [3.63, 3.8) is 0 Å². The minimum atomic E-state index is 0.0569. The highest BCUT2D eigenvalue weighted by atomic mass is 16.1. The largest absolute Gasteiger partial charge is 0.354 e. The molecule has 0 spiro atoms. The molecule has 17 heavy (non-hydrogen) atoms. The van der Waals surface area contributed by atoms with E-state index in [-0.39, 0.29) is 5.91 Å². The lowest BCUT2D eigenvalue weighted by molar-refractivity contribution is -0.120. The van der Waals surface area contributed by atoms with Crippen LogP contribution in [-0.4, -0.2) is 25.0 Å². The molecule has 0 aromatic heterocycles. The molecule has 0 fully saturated rings. The average Bonchev–Trinajstić information content (AvgIpc) is 2.34. The first-order valence-corrected chi connectivity index (χ1v) is 6.14. The quantitative estimate of drug-likeness (QED) is 0.789. The van der Waals surface area contributed by atoms with E-state index in [0.717, 1.165) is 0 Å². The predicted molar refractivity (Wildman–Crippen MR) is 71.0 cm³/mol. The number of carbonyl (C=O) groups is 1. The van der Waals surface area contributed by atoms with Gasteiger partial charge in [-0.25, -0.2) is 0 Å². The second-order valence-electron chi connectivity index (χ2n) is 4.65. The Balaban J connectivity index is 2.29. The van der Waals surface area contributed by atoms with Gasteiger partial charge in [0.25, 0.3) is 0 Å². The number of benzene rings is 1. The van der Waals surface area contributed by atoms with Crippen LogP contribution in [-0.2, 0) is 4.79 Å². The van der Waals surface area contributed by atoms with Gasteiger partial charge in [0.1, 0.15) is 0 Å². The van der Waals surface area contributed by atoms with Crippen molar-refractivity contribution < 1.29 is 4.79 Å². The fraction of sp³-hybridized carbons (Fsp3) is 0.500. The van der Waals surface area contributed by atoms with Crippen LogP contribution in [0.15, 0.2) is 30.3 Å². The highest BCUT2D eigenvalue weighted by Gasteiger charge is 2.07. The molecule has 94 valence electrons. The summed E-state index contributed by atoms with van der Waals surface area (Å²) in [5.74, 6) is 0.403. The van der Waals surface area contributed by atoms with E-state index in [4.69, 9.17) is 0 Å². The van der Waals surface area contributed by atoms with Gasteiger partial charge in [-0.3, -0.25) is 4.79 Å². The number of rotatable bonds is 6. The third kappa shape index (κ3) is 5.50. The van der Waals surface area contributed by atoms with Crippen LogP contribution in [0.4, 0.5) is 0 Å². The first-order chi connectivity index (χ1) is 8.09. The normalized spacial score (nSPS) is 12.5. The fourth-order valence-electron chi connectivity index (χ4n) is 1.53. The summed E-state index contributed by atoms with van der Waals surface area (Å²) in [6, 6.07) is 10.6. The molecular weight excluding hydrogens is 212 g/mol. The lowest BCUT2D eigenvalue weighted by Gasteiger charge is -2.14. The molecule has 0 radical (unpaired) electrons. The monoisotopic (exact) mass is 234 g/mol. The number of amides is 1. The second kappa shape index (κ2) is 7.07. The Hall–Kier alpha value is -1.35. The first kappa shape index (κ1) is 13.7. The maximum absolute atomic E-state index is 11.5. The summed E-state index contributed by atoms with van der Waals surface area (Å²) < 4.78 is 0. The number of carbonyl (C=O) groups excluding carboxylic acids is 1. The molecule has 0 bridgehead atoms. The Morgan fingerprint density at radius 2 is 1.82 bits per heavy atom. The van der Waals surface area contributed by atoms with Gasteiger partial charge in [0.05, 0.1) is 6.54 Å². The molecule has 1 aromatic carbocycles. The minimum Gasteiger partial charge on any atom is -0.354 e. The van der Waals surface area contributed by atoms with Gasteiger partial charge in [-0.15, -0.1) is 0 Å². The van der Waals surface area contributed by atoms with Crippen molar-refractivity contribution in [2.45, 2.75) is 32.7 Å². The van der Waals surface area contributed by atoms with Crippen LogP contribution < -0.4 is 10.6 Å². The number of hydrogen-bond donors (Lipinski definition) is 2. The zero-order valence-corrected chi connectivity index (χ0v) is 10.9. The topological polar surface area (TPSA) is 41.1 Å². The molecule has 0 saturated heterocycles. The smallest absolute Gasteiger partial charge is 0.233 e. The fourth-order valence-corrected chi connectivity index (χ4v) is 1.53. The molecule has 3 nitrogen and oxygen atoms in total. The summed E-state index contributed by atoms with van der Waals surface area (Å²) in [5, 5.41) is 6.03. The van der Waals surface area contributed by atoms with Crippen molar-refractivity contribution in [1.82, 2.24) is 10.6 Å². The van der Waals surface area contributed by atoms with E-state index in [9.17, 15) is 4.79 Å². The molecule has 1 amide bonds. The lowest BCUT2D eigenvalue weighted by atomic mass is 10.0. The summed E-state index contributed by atoms with van der Waals surface area (Å²) in [6.07, 6.45) is 0. The van der Waals surface area contributed by atoms with Crippen molar-refractivity contribution >= 4 is 5.91 Å². The summed E-state index contributed by atoms with van der Waals surface area (Å²) in [7, 11) is 0. The van der Waals surface area contributed by atoms with E-state index >= 15 is 0 Å². The number of nitrogens with one attached hydrogen (secondary N) is 2. The van der Waals surface area contributed by atoms with Crippen molar-refractivity contribution in [3.8, 4) is 0 Å². The molecule has 2 N–H and O–H groups in total. The molecule has 1 aromatic rings. The molecule has 0 aliphatic heterocycles. The molecule has 0 saturated carbocycles. The van der Waals surface area contributed by atoms with Gasteiger partial charge in [0, 0.05) is 12.6 Å². The van der Waals surface area contributed by atoms with Crippen molar-refractivity contribution in [3.05, 3.63) is 35.9 Å². The van der Waals surface area contributed by atoms with E-state index in [1.807, 2.05) is 32.0 Å². The zero-order chi connectivity index (χ0) is 12.7. The van der Waals surface area contributed by atoms with Crippen LogP contribution in [0.3, 0.4) is 0 Å². The van der Waals surface area contributed by atoms with Crippen LogP contribution in [0.25, 0.3) is 0 Å². The Bertz CT molecular complexity index is 335. The van der Waals surface area contributed by atoms with Crippen molar-refractivity contribution in [2.24, 2.45) is 0 Å². The highest BCUT2D eigenvalue weighted by molar-refractivity contribution is 5.78. The van der Waals surface area contributed by atoms with E-state index < -0.39 is 0 Å². The third-order valence-electron chi connectivity index (χ3n) is 2.64. The highest BCUT2D eigenvalue weighted by Crippen LogP contribution is 2.12. The molecule has 3 heteroatoms. The van der Waals surface area contributed by atoms with Crippen LogP contribution in [0.1, 0.15) is 32.3 Å². The summed E-state index contributed by atoms with van der Waals surface area (Å²) in [5.41, 5.74) is 1.25. The Morgan fingerprint density at radius 1 is 1.18 bits per heavy atom. The maximum atomic E-state index is 11.5. The molecule has 0 aliphatic carbocycles. The van der Waals surface area contributed by atoms with Crippen LogP contribution in [0.2, 0.25) is 0 Å². The molecule has 1 unspecified atom stereocenters. The molecule has 1 rings (SSSR count). The standard InChI is InChI=1S/C14H22N2O/c1-11(2)15-10-14(17)16-9-12(3)13-7-5-4-6-8-13/h4-8,11-12,15H,9-10H2,1-3H3,(H,16,17). The summed E-state index contributed by atoms with van der Waals surface area (Å²) in [6.45, 7) is 7.24. The maximum Gasteiger partial charge on any atom is 0.233 e. The average molecular weight is 234 g/mol. The van der Waals surface area contributed by atoms with Crippen LogP contribution >= 0.6 is 0 Å². The second-order valence-corrected chi connectivity index (χ2v) is 4.65. The van der Waals surface area contributed by atoms with Gasteiger partial charge in [-0.1, -0.05) is 51.1 Å². The Labute approximate surface area is 104 Å². The summed E-state index contributed by atoms with van der Waals surface area (Å²) >= 11 is 0. The SMILES string of the molecule is CC(C)NCC(=O)NCC(C)c1ccccc1. The van der Waals surface area contributed by atoms with E-state index in [2.05, 4.69) is 29.7 Å². The van der Waals surface area contributed by atoms with Crippen LogP contribution in [0, 0.1) is 0 Å². The van der Waals surface area contributed by atoms with E-state index in [1.54, 1.807) is 0 Å². The first-order valence-electron chi connectivity index (χ1n) is 6.14. The third-order valence-corrected chi connectivity index (χ3v) is 2.64. The Morgan fingerprint density at radius 3 is 2.41 bits per heavy atom. The van der Waals surface area contributed by atoms with E-state index in [1.165, 1.54) is 5.56 Å². The lowest BCUT2D eigenvalue weighted by Crippen LogP contribution is -2.38. The predicted octanol–water partition coefficient (Wildman–Crippen LogP) is 1.90. The van der Waals surface area contributed by atoms with Crippen LogP contribution in [0.5, 0.6) is 0 Å². The van der Waals surface area contributed by atoms with Gasteiger partial charge in [-0.2, -0.15) is 0 Å². The van der Waals surface area contributed by atoms with Gasteiger partial charge in [-0.05, 0) is 11.5 Å². The van der Waals surface area contributed by atoms with Gasteiger partial charge in [0.2, 0.25) is 5.91 Å².